The fraction of sp³-hybridized carbons (Fsp3) is 0.154. The predicted molar refractivity (Wildman–Crippen MR) is 61.2 cm³/mol. The molecule has 3 heteroatoms. The highest BCUT2D eigenvalue weighted by atomic mass is 16.1. The molecule has 0 bridgehead atoms. The van der Waals surface area contributed by atoms with E-state index >= 15 is 0 Å². The van der Waals surface area contributed by atoms with E-state index in [0.29, 0.717) is 12.1 Å². The van der Waals surface area contributed by atoms with Crippen LogP contribution in [-0.2, 0) is 6.42 Å². The van der Waals surface area contributed by atoms with Gasteiger partial charge in [0.05, 0.1) is 6.42 Å². The average Bonchev–Trinajstić information content (AvgIpc) is 2.31. The highest BCUT2D eigenvalue weighted by Gasteiger charge is 2.08. The summed E-state index contributed by atoms with van der Waals surface area (Å²) in [5.74, 6) is -0.00120. The number of aromatic nitrogens is 2. The summed E-state index contributed by atoms with van der Waals surface area (Å²) in [5, 5.41) is 0. The zero-order chi connectivity index (χ0) is 11.4. The van der Waals surface area contributed by atoms with Crippen LogP contribution in [0.3, 0.4) is 0 Å². The number of pyridine rings is 2. The van der Waals surface area contributed by atoms with E-state index in [1.165, 1.54) is 0 Å². The molecule has 0 radical (unpaired) electrons. The van der Waals surface area contributed by atoms with Crippen molar-refractivity contribution < 1.29 is 4.79 Å². The lowest BCUT2D eigenvalue weighted by molar-refractivity contribution is 0.0987. The van der Waals surface area contributed by atoms with Crippen LogP contribution in [0, 0.1) is 6.92 Å². The molecule has 3 nitrogen and oxygen atoms in total. The molecule has 0 saturated heterocycles. The first-order valence-corrected chi connectivity index (χ1v) is 5.11. The van der Waals surface area contributed by atoms with Crippen LogP contribution in [0.15, 0.2) is 42.7 Å². The van der Waals surface area contributed by atoms with Crippen LogP contribution in [0.5, 0.6) is 0 Å². The number of nitrogens with zero attached hydrogens (tertiary/aromatic N) is 2. The van der Waals surface area contributed by atoms with Crippen LogP contribution in [0.1, 0.15) is 21.7 Å². The van der Waals surface area contributed by atoms with Gasteiger partial charge in [-0.05, 0) is 30.7 Å². The van der Waals surface area contributed by atoms with E-state index in [2.05, 4.69) is 9.97 Å². The Hall–Kier alpha value is -2.03. The molecule has 0 spiro atoms. The van der Waals surface area contributed by atoms with Gasteiger partial charge in [0, 0.05) is 18.1 Å². The minimum atomic E-state index is -0.00120. The first-order chi connectivity index (χ1) is 7.75. The van der Waals surface area contributed by atoms with Crippen LogP contribution in [0.25, 0.3) is 0 Å². The van der Waals surface area contributed by atoms with Gasteiger partial charge in [0.15, 0.2) is 5.78 Å². The number of carbonyl (C=O) groups is 1. The first kappa shape index (κ1) is 10.5. The summed E-state index contributed by atoms with van der Waals surface area (Å²) in [7, 11) is 0. The number of ketones is 1. The van der Waals surface area contributed by atoms with Gasteiger partial charge >= 0.3 is 0 Å². The van der Waals surface area contributed by atoms with Gasteiger partial charge in [-0.25, -0.2) is 0 Å². The lowest BCUT2D eigenvalue weighted by Gasteiger charge is -2.00. The summed E-state index contributed by atoms with van der Waals surface area (Å²) in [5.41, 5.74) is 2.32. The zero-order valence-corrected chi connectivity index (χ0v) is 9.05. The third-order valence-electron chi connectivity index (χ3n) is 2.26. The van der Waals surface area contributed by atoms with Gasteiger partial charge in [-0.2, -0.15) is 0 Å². The maximum Gasteiger partial charge on any atom is 0.187 e. The van der Waals surface area contributed by atoms with Crippen molar-refractivity contribution in [1.29, 1.82) is 0 Å². The topological polar surface area (TPSA) is 42.9 Å². The van der Waals surface area contributed by atoms with Crippen molar-refractivity contribution in [3.8, 4) is 0 Å². The fourth-order valence-corrected chi connectivity index (χ4v) is 1.39. The minimum Gasteiger partial charge on any atom is -0.292 e. The highest BCUT2D eigenvalue weighted by molar-refractivity contribution is 5.95. The van der Waals surface area contributed by atoms with Gasteiger partial charge in [-0.3, -0.25) is 14.8 Å². The zero-order valence-electron chi connectivity index (χ0n) is 9.05. The quantitative estimate of drug-likeness (QED) is 0.732. The van der Waals surface area contributed by atoms with Gasteiger partial charge < -0.3 is 0 Å². The molecule has 0 fully saturated rings. The molecule has 0 aromatic carbocycles. The third kappa shape index (κ3) is 2.51. The number of rotatable bonds is 3. The Labute approximate surface area is 94.2 Å². The summed E-state index contributed by atoms with van der Waals surface area (Å²) in [6.45, 7) is 1.94. The largest absolute Gasteiger partial charge is 0.292 e. The van der Waals surface area contributed by atoms with Crippen molar-refractivity contribution in [2.45, 2.75) is 13.3 Å². The van der Waals surface area contributed by atoms with E-state index in [9.17, 15) is 4.79 Å². The Morgan fingerprint density at radius 2 is 2.06 bits per heavy atom. The second kappa shape index (κ2) is 4.66. The van der Waals surface area contributed by atoms with Crippen molar-refractivity contribution in [3.63, 3.8) is 0 Å². The van der Waals surface area contributed by atoms with Crippen LogP contribution >= 0.6 is 0 Å². The van der Waals surface area contributed by atoms with Crippen molar-refractivity contribution in [2.75, 3.05) is 0 Å². The average molecular weight is 212 g/mol. The molecule has 0 aliphatic rings. The third-order valence-corrected chi connectivity index (χ3v) is 2.26. The summed E-state index contributed by atoms with van der Waals surface area (Å²) < 4.78 is 0. The molecule has 2 aromatic heterocycles. The van der Waals surface area contributed by atoms with E-state index in [1.807, 2.05) is 31.2 Å². The van der Waals surface area contributed by atoms with E-state index in [-0.39, 0.29) is 5.78 Å². The molecule has 80 valence electrons. The molecular formula is C13H12N2O. The molecule has 0 atom stereocenters. The van der Waals surface area contributed by atoms with Gasteiger partial charge in [-0.15, -0.1) is 0 Å². The molecule has 0 amide bonds. The van der Waals surface area contributed by atoms with Crippen molar-refractivity contribution in [1.82, 2.24) is 9.97 Å². The monoisotopic (exact) mass is 212 g/mol. The van der Waals surface area contributed by atoms with Crippen LogP contribution in [0.2, 0.25) is 0 Å². The molecule has 0 aliphatic heterocycles. The highest BCUT2D eigenvalue weighted by Crippen LogP contribution is 2.04. The molecule has 16 heavy (non-hydrogen) atoms. The normalized spacial score (nSPS) is 10.1. The van der Waals surface area contributed by atoms with Crippen LogP contribution in [-0.4, -0.2) is 15.8 Å². The van der Waals surface area contributed by atoms with Crippen LogP contribution in [0.4, 0.5) is 0 Å². The Bertz CT molecular complexity index is 477. The summed E-state index contributed by atoms with van der Waals surface area (Å²) in [4.78, 5) is 20.0. The number of aryl methyl sites for hydroxylation is 1. The Kier molecular flexibility index (Phi) is 3.05. The first-order valence-electron chi connectivity index (χ1n) is 5.11. The molecule has 0 saturated carbocycles. The summed E-state index contributed by atoms with van der Waals surface area (Å²) in [6.07, 6.45) is 3.69. The lowest BCUT2D eigenvalue weighted by Crippen LogP contribution is -2.06. The van der Waals surface area contributed by atoms with E-state index in [4.69, 9.17) is 0 Å². The molecule has 2 rings (SSSR count). The number of carbonyl (C=O) groups excluding carboxylic acids is 1. The minimum absolute atomic E-state index is 0.00120. The maximum absolute atomic E-state index is 11.8. The van der Waals surface area contributed by atoms with Gasteiger partial charge in [0.2, 0.25) is 0 Å². The number of hydrogen-bond acceptors (Lipinski definition) is 3. The fourth-order valence-electron chi connectivity index (χ4n) is 1.39. The van der Waals surface area contributed by atoms with Crippen molar-refractivity contribution in [3.05, 3.63) is 59.7 Å². The van der Waals surface area contributed by atoms with Gasteiger partial charge in [-0.1, -0.05) is 12.1 Å². The molecule has 0 unspecified atom stereocenters. The second-order valence-corrected chi connectivity index (χ2v) is 3.64. The van der Waals surface area contributed by atoms with E-state index in [0.717, 1.165) is 11.3 Å². The Morgan fingerprint density at radius 1 is 1.19 bits per heavy atom. The van der Waals surface area contributed by atoms with E-state index in [1.54, 1.807) is 18.5 Å². The molecule has 2 aromatic rings. The Balaban J connectivity index is 2.12. The molecular weight excluding hydrogens is 200 g/mol. The SMILES string of the molecule is Cc1ccc(C(=O)Cc2ccccn2)nc1. The Morgan fingerprint density at radius 3 is 2.69 bits per heavy atom. The van der Waals surface area contributed by atoms with Crippen molar-refractivity contribution >= 4 is 5.78 Å². The van der Waals surface area contributed by atoms with Crippen molar-refractivity contribution in [2.24, 2.45) is 0 Å². The number of hydrogen-bond donors (Lipinski definition) is 0. The summed E-state index contributed by atoms with van der Waals surface area (Å²) >= 11 is 0. The number of Topliss-reactive ketones (excluding diaryl/α,β-unsaturated/α-hetero) is 1. The predicted octanol–water partition coefficient (Wildman–Crippen LogP) is 2.21. The maximum atomic E-state index is 11.8. The van der Waals surface area contributed by atoms with Crippen LogP contribution < -0.4 is 0 Å². The molecule has 0 aliphatic carbocycles. The van der Waals surface area contributed by atoms with Gasteiger partial charge in [0.25, 0.3) is 0 Å². The van der Waals surface area contributed by atoms with Gasteiger partial charge in [0.1, 0.15) is 5.69 Å². The lowest BCUT2D eigenvalue weighted by atomic mass is 10.1. The smallest absolute Gasteiger partial charge is 0.187 e. The standard InChI is InChI=1S/C13H12N2O/c1-10-5-6-12(15-9-10)13(16)8-11-4-2-3-7-14-11/h2-7,9H,8H2,1H3. The molecule has 0 N–H and O–H groups in total. The molecule has 2 heterocycles. The summed E-state index contributed by atoms with van der Waals surface area (Å²) in [6, 6.07) is 9.18. The van der Waals surface area contributed by atoms with E-state index < -0.39 is 0 Å². The second-order valence-electron chi connectivity index (χ2n) is 3.64.